The normalized spacial score (nSPS) is 12.4. The van der Waals surface area contributed by atoms with Crippen LogP contribution in [0.3, 0.4) is 0 Å². The minimum absolute atomic E-state index is 0.145. The Kier molecular flexibility index (Phi) is 3.89. The molecule has 0 saturated heterocycles. The quantitative estimate of drug-likeness (QED) is 0.674. The summed E-state index contributed by atoms with van der Waals surface area (Å²) in [5.74, 6) is 5.31. The van der Waals surface area contributed by atoms with Crippen LogP contribution in [0, 0.1) is 5.82 Å². The third-order valence-electron chi connectivity index (χ3n) is 2.55. The van der Waals surface area contributed by atoms with Gasteiger partial charge in [-0.25, -0.2) is 9.82 Å². The van der Waals surface area contributed by atoms with Crippen molar-refractivity contribution in [3.05, 3.63) is 69.9 Å². The molecular weight excluding hydrogens is 283 g/mol. The molecule has 2 aromatic rings. The molecule has 0 amide bonds. The predicted octanol–water partition coefficient (Wildman–Crippen LogP) is 3.14. The van der Waals surface area contributed by atoms with E-state index in [0.717, 1.165) is 15.6 Å². The number of nitrogens with two attached hydrogens (primary N) is 1. The van der Waals surface area contributed by atoms with Gasteiger partial charge in [0.25, 0.3) is 0 Å². The highest BCUT2D eigenvalue weighted by atomic mass is 79.9. The Balaban J connectivity index is 2.36. The second-order valence-electron chi connectivity index (χ2n) is 3.71. The molecule has 0 saturated carbocycles. The van der Waals surface area contributed by atoms with E-state index < -0.39 is 0 Å². The minimum Gasteiger partial charge on any atom is -0.271 e. The number of halogens is 2. The zero-order valence-electron chi connectivity index (χ0n) is 9.03. The van der Waals surface area contributed by atoms with E-state index in [0.29, 0.717) is 0 Å². The summed E-state index contributed by atoms with van der Waals surface area (Å²) in [5.41, 5.74) is 4.68. The Bertz CT molecular complexity index is 499. The SMILES string of the molecule is NN[C@H](c1ccc(F)cc1)c1cccc(Br)c1. The molecular formula is C13H12BrFN2. The standard InChI is InChI=1S/C13H12BrFN2/c14-11-3-1-2-10(8-11)13(17-16)9-4-6-12(15)7-5-9/h1-8,13,17H,16H2/t13-/m1/s1. The van der Waals surface area contributed by atoms with E-state index in [2.05, 4.69) is 21.4 Å². The maximum Gasteiger partial charge on any atom is 0.123 e. The van der Waals surface area contributed by atoms with E-state index >= 15 is 0 Å². The fourth-order valence-corrected chi connectivity index (χ4v) is 2.14. The summed E-state index contributed by atoms with van der Waals surface area (Å²) in [6, 6.07) is 14.0. The maximum atomic E-state index is 12.9. The Labute approximate surface area is 108 Å². The minimum atomic E-state index is -0.251. The average Bonchev–Trinajstić information content (AvgIpc) is 2.33. The number of benzene rings is 2. The van der Waals surface area contributed by atoms with Crippen LogP contribution in [0.4, 0.5) is 4.39 Å². The smallest absolute Gasteiger partial charge is 0.123 e. The van der Waals surface area contributed by atoms with Crippen LogP contribution in [0.25, 0.3) is 0 Å². The van der Waals surface area contributed by atoms with Crippen LogP contribution >= 0.6 is 15.9 Å². The fraction of sp³-hybridized carbons (Fsp3) is 0.0769. The average molecular weight is 295 g/mol. The lowest BCUT2D eigenvalue weighted by Gasteiger charge is -2.17. The van der Waals surface area contributed by atoms with Crippen LogP contribution in [0.5, 0.6) is 0 Å². The summed E-state index contributed by atoms with van der Waals surface area (Å²) < 4.78 is 13.8. The monoisotopic (exact) mass is 294 g/mol. The second-order valence-corrected chi connectivity index (χ2v) is 4.62. The van der Waals surface area contributed by atoms with Gasteiger partial charge >= 0.3 is 0 Å². The van der Waals surface area contributed by atoms with Crippen molar-refractivity contribution in [1.29, 1.82) is 0 Å². The molecule has 0 aromatic heterocycles. The summed E-state index contributed by atoms with van der Waals surface area (Å²) in [7, 11) is 0. The molecule has 0 fully saturated rings. The molecule has 0 spiro atoms. The van der Waals surface area contributed by atoms with Crippen molar-refractivity contribution in [2.45, 2.75) is 6.04 Å². The van der Waals surface area contributed by atoms with Crippen molar-refractivity contribution in [3.8, 4) is 0 Å². The molecule has 2 rings (SSSR count). The van der Waals surface area contributed by atoms with E-state index in [1.54, 1.807) is 12.1 Å². The second kappa shape index (κ2) is 5.40. The van der Waals surface area contributed by atoms with Crippen LogP contribution in [-0.2, 0) is 0 Å². The third kappa shape index (κ3) is 2.91. The van der Waals surface area contributed by atoms with Gasteiger partial charge in [-0.05, 0) is 35.4 Å². The number of hydrogen-bond acceptors (Lipinski definition) is 2. The fourth-order valence-electron chi connectivity index (χ4n) is 1.73. The predicted molar refractivity (Wildman–Crippen MR) is 69.7 cm³/mol. The largest absolute Gasteiger partial charge is 0.271 e. The first-order valence-electron chi connectivity index (χ1n) is 5.18. The first kappa shape index (κ1) is 12.2. The molecule has 2 aromatic carbocycles. The summed E-state index contributed by atoms with van der Waals surface area (Å²) >= 11 is 3.42. The molecule has 1 atom stereocenters. The van der Waals surface area contributed by atoms with Gasteiger partial charge in [-0.1, -0.05) is 40.2 Å². The van der Waals surface area contributed by atoms with E-state index in [4.69, 9.17) is 5.84 Å². The van der Waals surface area contributed by atoms with Crippen LogP contribution in [0.1, 0.15) is 17.2 Å². The molecule has 0 bridgehead atoms. The Hall–Kier alpha value is -1.23. The van der Waals surface area contributed by atoms with Gasteiger partial charge in [0.05, 0.1) is 6.04 Å². The number of hydrazine groups is 1. The Morgan fingerprint density at radius 2 is 1.76 bits per heavy atom. The van der Waals surface area contributed by atoms with E-state index in [1.165, 1.54) is 12.1 Å². The zero-order valence-corrected chi connectivity index (χ0v) is 10.6. The Morgan fingerprint density at radius 3 is 2.35 bits per heavy atom. The van der Waals surface area contributed by atoms with Crippen molar-refractivity contribution in [3.63, 3.8) is 0 Å². The van der Waals surface area contributed by atoms with E-state index in [1.807, 2.05) is 24.3 Å². The molecule has 0 aliphatic rings. The van der Waals surface area contributed by atoms with E-state index in [9.17, 15) is 4.39 Å². The molecule has 0 heterocycles. The summed E-state index contributed by atoms with van der Waals surface area (Å²) in [4.78, 5) is 0. The number of hydrogen-bond donors (Lipinski definition) is 2. The van der Waals surface area contributed by atoms with E-state index in [-0.39, 0.29) is 11.9 Å². The molecule has 0 radical (unpaired) electrons. The lowest BCUT2D eigenvalue weighted by atomic mass is 9.99. The van der Waals surface area contributed by atoms with Gasteiger partial charge in [0, 0.05) is 4.47 Å². The molecule has 0 aliphatic carbocycles. The highest BCUT2D eigenvalue weighted by molar-refractivity contribution is 9.10. The van der Waals surface area contributed by atoms with Gasteiger partial charge < -0.3 is 0 Å². The summed E-state index contributed by atoms with van der Waals surface area (Å²) in [6.45, 7) is 0. The van der Waals surface area contributed by atoms with Gasteiger partial charge in [0.1, 0.15) is 5.82 Å². The van der Waals surface area contributed by atoms with Crippen molar-refractivity contribution in [1.82, 2.24) is 5.43 Å². The van der Waals surface area contributed by atoms with Gasteiger partial charge in [-0.15, -0.1) is 0 Å². The molecule has 17 heavy (non-hydrogen) atoms. The maximum absolute atomic E-state index is 12.9. The number of nitrogens with one attached hydrogen (secondary N) is 1. The molecule has 0 unspecified atom stereocenters. The highest BCUT2D eigenvalue weighted by Gasteiger charge is 2.12. The molecule has 4 heteroatoms. The Morgan fingerprint density at radius 1 is 1.06 bits per heavy atom. The molecule has 88 valence electrons. The molecule has 3 N–H and O–H groups in total. The summed E-state index contributed by atoms with van der Waals surface area (Å²) in [5, 5.41) is 0. The van der Waals surface area contributed by atoms with Crippen LogP contribution in [-0.4, -0.2) is 0 Å². The van der Waals surface area contributed by atoms with Gasteiger partial charge in [0.15, 0.2) is 0 Å². The zero-order chi connectivity index (χ0) is 12.3. The lowest BCUT2D eigenvalue weighted by molar-refractivity contribution is 0.615. The van der Waals surface area contributed by atoms with Crippen LogP contribution in [0.15, 0.2) is 53.0 Å². The highest BCUT2D eigenvalue weighted by Crippen LogP contribution is 2.23. The van der Waals surface area contributed by atoms with Crippen molar-refractivity contribution in [2.24, 2.45) is 5.84 Å². The lowest BCUT2D eigenvalue weighted by Crippen LogP contribution is -2.28. The molecule has 0 aliphatic heterocycles. The van der Waals surface area contributed by atoms with Crippen molar-refractivity contribution < 1.29 is 4.39 Å². The topological polar surface area (TPSA) is 38.0 Å². The van der Waals surface area contributed by atoms with Crippen molar-refractivity contribution >= 4 is 15.9 Å². The first-order chi connectivity index (χ1) is 8.20. The van der Waals surface area contributed by atoms with Crippen LogP contribution in [0.2, 0.25) is 0 Å². The van der Waals surface area contributed by atoms with Gasteiger partial charge in [-0.3, -0.25) is 5.84 Å². The van der Waals surface area contributed by atoms with Gasteiger partial charge in [-0.2, -0.15) is 0 Å². The number of rotatable bonds is 3. The summed E-state index contributed by atoms with van der Waals surface area (Å²) in [6.07, 6.45) is 0. The third-order valence-corrected chi connectivity index (χ3v) is 3.05. The first-order valence-corrected chi connectivity index (χ1v) is 5.97. The van der Waals surface area contributed by atoms with Crippen molar-refractivity contribution in [2.75, 3.05) is 0 Å². The van der Waals surface area contributed by atoms with Crippen LogP contribution < -0.4 is 11.3 Å². The molecule has 2 nitrogen and oxygen atoms in total. The van der Waals surface area contributed by atoms with Gasteiger partial charge in [0.2, 0.25) is 0 Å².